The molecule has 286 valence electrons. The molecular formula is C45H66N2O5. The monoisotopic (exact) mass is 714 g/mol. The van der Waals surface area contributed by atoms with E-state index in [-0.39, 0.29) is 51.0 Å². The number of hydrogen-bond acceptors (Lipinski definition) is 6. The van der Waals surface area contributed by atoms with Crippen molar-refractivity contribution in [3.63, 3.8) is 0 Å². The van der Waals surface area contributed by atoms with Crippen LogP contribution in [0.1, 0.15) is 139 Å². The van der Waals surface area contributed by atoms with Gasteiger partial charge in [0.25, 0.3) is 0 Å². The van der Waals surface area contributed by atoms with E-state index in [1.165, 1.54) is 24.8 Å². The highest BCUT2D eigenvalue weighted by Crippen LogP contribution is 2.77. The van der Waals surface area contributed by atoms with Crippen LogP contribution in [0, 0.1) is 68.0 Å². The van der Waals surface area contributed by atoms with Crippen molar-refractivity contribution in [1.82, 2.24) is 10.3 Å². The summed E-state index contributed by atoms with van der Waals surface area (Å²) in [4.78, 5) is 43.6. The van der Waals surface area contributed by atoms with Crippen molar-refractivity contribution in [1.29, 1.82) is 0 Å². The lowest BCUT2D eigenvalue weighted by Crippen LogP contribution is -2.66. The number of allylic oxidation sites excluding steroid dienone is 2. The van der Waals surface area contributed by atoms with E-state index in [9.17, 15) is 19.5 Å². The molecule has 0 radical (unpaired) electrons. The number of aliphatic carboxylic acids is 1. The van der Waals surface area contributed by atoms with Crippen LogP contribution in [0.5, 0.6) is 0 Å². The van der Waals surface area contributed by atoms with Gasteiger partial charge in [0.1, 0.15) is 6.10 Å². The Morgan fingerprint density at radius 3 is 2.33 bits per heavy atom. The molecule has 7 nitrogen and oxygen atoms in total. The number of esters is 1. The fraction of sp³-hybridized carbons (Fsp3) is 0.778. The zero-order chi connectivity index (χ0) is 37.6. The summed E-state index contributed by atoms with van der Waals surface area (Å²) in [6.07, 6.45) is 14.5. The van der Waals surface area contributed by atoms with Gasteiger partial charge in [-0.1, -0.05) is 74.0 Å². The van der Waals surface area contributed by atoms with Crippen LogP contribution in [0.4, 0.5) is 0 Å². The predicted molar refractivity (Wildman–Crippen MR) is 203 cm³/mol. The Bertz CT molecular complexity index is 1630. The highest BCUT2D eigenvalue weighted by Gasteiger charge is 2.70. The first kappa shape index (κ1) is 37.8. The lowest BCUT2D eigenvalue weighted by Gasteiger charge is -2.72. The van der Waals surface area contributed by atoms with E-state index in [1.807, 2.05) is 32.3 Å². The molecule has 0 unspecified atom stereocenters. The SMILES string of the molecule is CC(C)C1=C2[C@H]3CC[C@@H]4[C@@]5(C)CC[C@H](OC(=O)[C@H]6C[C@@H](C(=O)O)C6(C)C)C(C)(C)[C@@H]5CC[C@@]4(C)[C@]3(C)CC[C@@]2(CCNCc2cccnc2)CC1=O. The number of carbonyl (C=O) groups is 3. The number of fused-ring (bicyclic) bond motifs is 7. The Labute approximate surface area is 312 Å². The third-order valence-corrected chi connectivity index (χ3v) is 17.5. The minimum atomic E-state index is -0.815. The Morgan fingerprint density at radius 1 is 0.923 bits per heavy atom. The number of carboxylic acid groups (broad SMARTS) is 1. The average molecular weight is 715 g/mol. The molecule has 7 heteroatoms. The van der Waals surface area contributed by atoms with Gasteiger partial charge in [-0.25, -0.2) is 0 Å². The zero-order valence-electron chi connectivity index (χ0n) is 33.6. The molecule has 6 aliphatic carbocycles. The van der Waals surface area contributed by atoms with Crippen LogP contribution < -0.4 is 5.32 Å². The second-order valence-electron chi connectivity index (χ2n) is 20.6. The van der Waals surface area contributed by atoms with Gasteiger partial charge < -0.3 is 15.2 Å². The van der Waals surface area contributed by atoms with Crippen molar-refractivity contribution in [3.05, 3.63) is 41.2 Å². The van der Waals surface area contributed by atoms with Crippen LogP contribution in [0.15, 0.2) is 35.7 Å². The summed E-state index contributed by atoms with van der Waals surface area (Å²) < 4.78 is 6.43. The quantitative estimate of drug-likeness (QED) is 0.194. The third kappa shape index (κ3) is 5.42. The summed E-state index contributed by atoms with van der Waals surface area (Å²) in [5.41, 5.74) is 3.55. The number of ketones is 1. The van der Waals surface area contributed by atoms with E-state index in [0.717, 1.165) is 57.2 Å². The van der Waals surface area contributed by atoms with Crippen molar-refractivity contribution < 1.29 is 24.2 Å². The fourth-order valence-electron chi connectivity index (χ4n) is 14.3. The molecule has 5 fully saturated rings. The number of ether oxygens (including phenoxy) is 1. The first-order chi connectivity index (χ1) is 24.3. The van der Waals surface area contributed by atoms with Crippen molar-refractivity contribution in [2.75, 3.05) is 6.54 Å². The van der Waals surface area contributed by atoms with Gasteiger partial charge in [-0.15, -0.1) is 0 Å². The number of pyridine rings is 1. The van der Waals surface area contributed by atoms with Gasteiger partial charge in [0.05, 0.1) is 11.8 Å². The average Bonchev–Trinajstić information content (AvgIpc) is 3.37. The highest BCUT2D eigenvalue weighted by atomic mass is 16.5. The largest absolute Gasteiger partial charge is 0.481 e. The first-order valence-electron chi connectivity index (χ1n) is 20.6. The van der Waals surface area contributed by atoms with Crippen LogP contribution >= 0.6 is 0 Å². The number of aromatic nitrogens is 1. The Morgan fingerprint density at radius 2 is 1.67 bits per heavy atom. The molecule has 1 heterocycles. The van der Waals surface area contributed by atoms with Crippen LogP contribution in [0.3, 0.4) is 0 Å². The van der Waals surface area contributed by atoms with Crippen molar-refractivity contribution in [3.8, 4) is 0 Å². The second-order valence-corrected chi connectivity index (χ2v) is 20.6. The normalized spacial score (nSPS) is 41.7. The molecule has 0 bridgehead atoms. The molecule has 0 spiro atoms. The van der Waals surface area contributed by atoms with Gasteiger partial charge in [0, 0.05) is 36.2 Å². The molecule has 1 aromatic heterocycles. The minimum Gasteiger partial charge on any atom is -0.481 e. The summed E-state index contributed by atoms with van der Waals surface area (Å²) in [7, 11) is 0. The van der Waals surface area contributed by atoms with E-state index >= 15 is 0 Å². The summed E-state index contributed by atoms with van der Waals surface area (Å²) in [5.74, 6) is 0.247. The van der Waals surface area contributed by atoms with Crippen molar-refractivity contribution in [2.45, 2.75) is 146 Å². The summed E-state index contributed by atoms with van der Waals surface area (Å²) in [6, 6.07) is 4.11. The Balaban J connectivity index is 1.11. The van der Waals surface area contributed by atoms with Gasteiger partial charge in [-0.05, 0) is 133 Å². The van der Waals surface area contributed by atoms with E-state index in [2.05, 4.69) is 64.8 Å². The van der Waals surface area contributed by atoms with E-state index in [4.69, 9.17) is 4.74 Å². The zero-order valence-corrected chi connectivity index (χ0v) is 33.6. The Kier molecular flexibility index (Phi) is 9.27. The van der Waals surface area contributed by atoms with Crippen LogP contribution in [-0.4, -0.2) is 40.5 Å². The number of carboxylic acids is 1. The number of nitrogens with zero attached hydrogens (tertiary/aromatic N) is 1. The molecule has 0 amide bonds. The van der Waals surface area contributed by atoms with Gasteiger partial charge >= 0.3 is 11.9 Å². The second kappa shape index (κ2) is 12.8. The smallest absolute Gasteiger partial charge is 0.309 e. The van der Waals surface area contributed by atoms with Crippen LogP contribution in [-0.2, 0) is 25.7 Å². The number of rotatable bonds is 9. The van der Waals surface area contributed by atoms with Crippen molar-refractivity contribution in [2.24, 2.45) is 68.0 Å². The molecule has 1 aromatic rings. The topological polar surface area (TPSA) is 106 Å². The van der Waals surface area contributed by atoms with E-state index in [0.29, 0.717) is 36.4 Å². The number of carbonyl (C=O) groups excluding carboxylic acids is 2. The van der Waals surface area contributed by atoms with Crippen LogP contribution in [0.25, 0.3) is 0 Å². The fourth-order valence-corrected chi connectivity index (χ4v) is 14.3. The maximum atomic E-state index is 14.0. The van der Waals surface area contributed by atoms with Crippen LogP contribution in [0.2, 0.25) is 0 Å². The summed E-state index contributed by atoms with van der Waals surface area (Å²) in [5, 5.41) is 13.4. The molecule has 0 saturated heterocycles. The lowest BCUT2D eigenvalue weighted by atomic mass is 9.33. The molecule has 6 aliphatic rings. The molecule has 52 heavy (non-hydrogen) atoms. The predicted octanol–water partition coefficient (Wildman–Crippen LogP) is 9.20. The number of hydrogen-bond donors (Lipinski definition) is 2. The van der Waals surface area contributed by atoms with Gasteiger partial charge in [0.2, 0.25) is 0 Å². The summed E-state index contributed by atoms with van der Waals surface area (Å²) >= 11 is 0. The van der Waals surface area contributed by atoms with E-state index in [1.54, 1.807) is 5.57 Å². The van der Waals surface area contributed by atoms with Gasteiger partial charge in [-0.3, -0.25) is 19.4 Å². The van der Waals surface area contributed by atoms with E-state index < -0.39 is 17.3 Å². The van der Waals surface area contributed by atoms with Gasteiger partial charge in [0.15, 0.2) is 5.78 Å². The molecule has 0 aromatic carbocycles. The molecule has 10 atom stereocenters. The maximum Gasteiger partial charge on any atom is 0.309 e. The molecule has 0 aliphatic heterocycles. The Hall–Kier alpha value is -2.54. The highest BCUT2D eigenvalue weighted by molar-refractivity contribution is 6.00. The molecule has 2 N–H and O–H groups in total. The number of nitrogens with one attached hydrogen (secondary N) is 1. The van der Waals surface area contributed by atoms with Gasteiger partial charge in [-0.2, -0.15) is 0 Å². The lowest BCUT2D eigenvalue weighted by molar-refractivity contribution is -0.236. The first-order valence-corrected chi connectivity index (χ1v) is 20.6. The standard InChI is InChI=1S/C45H66N2O5/c1-27(2)36-32(48)24-45(20-22-47-26-28-11-10-21-46-25-28)19-18-43(8)29(37(36)45)12-13-34-42(7)16-15-35(41(5,6)33(42)14-17-44(34,43)9)52-39(51)31-23-30(38(49)50)40(31,3)4/h10-11,21,25,27,29-31,33-35,47H,12-20,22-24,26H2,1-9H3,(H,49,50)/t29-,30+,31-,33+,34-,35+,42+,43-,44-,45-/m1/s1. The maximum absolute atomic E-state index is 14.0. The summed E-state index contributed by atoms with van der Waals surface area (Å²) in [6.45, 7) is 22.5. The molecular weight excluding hydrogens is 649 g/mol. The van der Waals surface area contributed by atoms with Crippen molar-refractivity contribution >= 4 is 17.7 Å². The molecule has 7 rings (SSSR count). The minimum absolute atomic E-state index is 0.0312. The molecule has 5 saturated carbocycles. The number of Topliss-reactive ketones (excluding diaryl/α,β-unsaturated/α-hetero) is 1. The third-order valence-electron chi connectivity index (χ3n) is 17.5.